The molecule has 24 heavy (non-hydrogen) atoms. The molecule has 0 unspecified atom stereocenters. The summed E-state index contributed by atoms with van der Waals surface area (Å²) in [7, 11) is 0. The number of ether oxygens (including phenoxy) is 1. The highest BCUT2D eigenvalue weighted by molar-refractivity contribution is 8.02. The Bertz CT molecular complexity index is 771. The molecule has 3 rings (SSSR count). The standard InChI is InChI=1S/C16H15F2N3O2S/c1-9(21-8-20-14(22)11(6-19)15(21)24-2)16(7-23-16)12-4-3-10(17)5-13(12)18/h3-5,9H,7-8H2,1-2H3,(H,20,22)/t9-,16-/m0/s1. The van der Waals surface area contributed by atoms with Crippen LogP contribution in [0.5, 0.6) is 0 Å². The molecule has 0 spiro atoms. The van der Waals surface area contributed by atoms with Gasteiger partial charge >= 0.3 is 0 Å². The second-order valence-corrected chi connectivity index (χ2v) is 6.40. The third kappa shape index (κ3) is 2.54. The number of nitrogens with zero attached hydrogens (tertiary/aromatic N) is 2. The molecular formula is C16H15F2N3O2S. The van der Waals surface area contributed by atoms with E-state index in [9.17, 15) is 18.8 Å². The molecule has 1 amide bonds. The van der Waals surface area contributed by atoms with Gasteiger partial charge in [-0.3, -0.25) is 4.79 Å². The average molecular weight is 351 g/mol. The van der Waals surface area contributed by atoms with E-state index in [0.29, 0.717) is 5.03 Å². The van der Waals surface area contributed by atoms with Gasteiger partial charge in [0.05, 0.1) is 24.3 Å². The van der Waals surface area contributed by atoms with Gasteiger partial charge in [-0.1, -0.05) is 6.07 Å². The van der Waals surface area contributed by atoms with Crippen LogP contribution in [-0.4, -0.2) is 36.4 Å². The van der Waals surface area contributed by atoms with Crippen LogP contribution < -0.4 is 5.32 Å². The molecule has 2 atom stereocenters. The molecule has 1 fully saturated rings. The molecule has 0 bridgehead atoms. The normalized spacial score (nSPS) is 24.5. The highest BCUT2D eigenvalue weighted by atomic mass is 32.2. The van der Waals surface area contributed by atoms with Crippen molar-refractivity contribution < 1.29 is 18.3 Å². The van der Waals surface area contributed by atoms with E-state index in [4.69, 9.17) is 4.74 Å². The molecule has 0 radical (unpaired) electrons. The lowest BCUT2D eigenvalue weighted by atomic mass is 9.91. The molecule has 0 aliphatic carbocycles. The minimum Gasteiger partial charge on any atom is -0.362 e. The first-order valence-electron chi connectivity index (χ1n) is 7.27. The Morgan fingerprint density at radius 1 is 1.50 bits per heavy atom. The molecular weight excluding hydrogens is 336 g/mol. The van der Waals surface area contributed by atoms with Crippen LogP contribution in [0, 0.1) is 23.0 Å². The van der Waals surface area contributed by atoms with E-state index in [0.717, 1.165) is 6.07 Å². The van der Waals surface area contributed by atoms with E-state index in [1.54, 1.807) is 11.2 Å². The van der Waals surface area contributed by atoms with Crippen molar-refractivity contribution in [2.45, 2.75) is 18.6 Å². The number of hydrogen-bond acceptors (Lipinski definition) is 5. The summed E-state index contributed by atoms with van der Waals surface area (Å²) in [4.78, 5) is 13.6. The second kappa shape index (κ2) is 6.07. The van der Waals surface area contributed by atoms with Crippen molar-refractivity contribution in [1.82, 2.24) is 10.2 Å². The zero-order valence-electron chi connectivity index (χ0n) is 13.1. The third-order valence-electron chi connectivity index (χ3n) is 4.40. The fourth-order valence-electron chi connectivity index (χ4n) is 2.97. The van der Waals surface area contributed by atoms with Crippen LogP contribution >= 0.6 is 11.8 Å². The van der Waals surface area contributed by atoms with Crippen LogP contribution in [0.4, 0.5) is 8.78 Å². The van der Waals surface area contributed by atoms with Gasteiger partial charge in [-0.2, -0.15) is 5.26 Å². The fraction of sp³-hybridized carbons (Fsp3) is 0.375. The van der Waals surface area contributed by atoms with Gasteiger partial charge in [-0.15, -0.1) is 11.8 Å². The molecule has 1 aromatic rings. The van der Waals surface area contributed by atoms with Crippen molar-refractivity contribution >= 4 is 17.7 Å². The van der Waals surface area contributed by atoms with Gasteiger partial charge in [0.2, 0.25) is 0 Å². The summed E-state index contributed by atoms with van der Waals surface area (Å²) in [5.74, 6) is -1.75. The van der Waals surface area contributed by atoms with Crippen LogP contribution in [0.1, 0.15) is 12.5 Å². The van der Waals surface area contributed by atoms with Crippen LogP contribution in [0.2, 0.25) is 0 Å². The summed E-state index contributed by atoms with van der Waals surface area (Å²) >= 11 is 1.28. The Morgan fingerprint density at radius 3 is 2.75 bits per heavy atom. The van der Waals surface area contributed by atoms with E-state index in [1.807, 2.05) is 13.0 Å². The van der Waals surface area contributed by atoms with E-state index >= 15 is 0 Å². The Hall–Kier alpha value is -2.11. The maximum absolute atomic E-state index is 14.2. The highest BCUT2D eigenvalue weighted by Crippen LogP contribution is 2.47. The lowest BCUT2D eigenvalue weighted by Crippen LogP contribution is -2.51. The van der Waals surface area contributed by atoms with Crippen LogP contribution in [0.3, 0.4) is 0 Å². The number of carbonyl (C=O) groups excluding carboxylic acids is 1. The van der Waals surface area contributed by atoms with Crippen molar-refractivity contribution in [2.75, 3.05) is 19.5 Å². The van der Waals surface area contributed by atoms with Crippen LogP contribution in [0.25, 0.3) is 0 Å². The molecule has 1 aromatic carbocycles. The summed E-state index contributed by atoms with van der Waals surface area (Å²) in [5, 5.41) is 12.4. The topological polar surface area (TPSA) is 68.7 Å². The number of nitrogens with one attached hydrogen (secondary N) is 1. The Morgan fingerprint density at radius 2 is 2.21 bits per heavy atom. The maximum atomic E-state index is 14.2. The van der Waals surface area contributed by atoms with Crippen LogP contribution in [-0.2, 0) is 15.1 Å². The van der Waals surface area contributed by atoms with E-state index in [-0.39, 0.29) is 30.5 Å². The lowest BCUT2D eigenvalue weighted by Gasteiger charge is -2.38. The number of rotatable bonds is 4. The molecule has 5 nitrogen and oxygen atoms in total. The fourth-order valence-corrected chi connectivity index (χ4v) is 3.77. The summed E-state index contributed by atoms with van der Waals surface area (Å²) in [6.45, 7) is 2.30. The largest absolute Gasteiger partial charge is 0.362 e. The maximum Gasteiger partial charge on any atom is 0.266 e. The summed E-state index contributed by atoms with van der Waals surface area (Å²) < 4.78 is 33.0. The van der Waals surface area contributed by atoms with Crippen molar-refractivity contribution in [3.05, 3.63) is 46.0 Å². The van der Waals surface area contributed by atoms with Crippen molar-refractivity contribution in [3.8, 4) is 6.07 Å². The van der Waals surface area contributed by atoms with E-state index in [2.05, 4.69) is 5.32 Å². The Labute approximate surface area is 142 Å². The quantitative estimate of drug-likeness (QED) is 0.841. The summed E-state index contributed by atoms with van der Waals surface area (Å²) in [5.41, 5.74) is -0.635. The molecule has 1 saturated heterocycles. The van der Waals surface area contributed by atoms with Gasteiger partial charge in [0.15, 0.2) is 0 Å². The SMILES string of the molecule is CSC1=C(C#N)C(=O)NCN1[C@@H](C)[C@]1(c2ccc(F)cc2F)CO1. The Balaban J connectivity index is 1.99. The van der Waals surface area contributed by atoms with Gasteiger partial charge in [0.1, 0.15) is 28.9 Å². The Kier molecular flexibility index (Phi) is 4.24. The van der Waals surface area contributed by atoms with Gasteiger partial charge in [-0.25, -0.2) is 8.78 Å². The lowest BCUT2D eigenvalue weighted by molar-refractivity contribution is -0.118. The number of epoxide rings is 1. The predicted octanol–water partition coefficient (Wildman–Crippen LogP) is 2.07. The van der Waals surface area contributed by atoms with Gasteiger partial charge in [0, 0.05) is 11.6 Å². The van der Waals surface area contributed by atoms with E-state index < -0.39 is 23.1 Å². The highest BCUT2D eigenvalue weighted by Gasteiger charge is 2.55. The number of amides is 1. The number of thioether (sulfide) groups is 1. The van der Waals surface area contributed by atoms with Gasteiger partial charge < -0.3 is 15.0 Å². The van der Waals surface area contributed by atoms with Crippen LogP contribution in [0.15, 0.2) is 28.8 Å². The first-order chi connectivity index (χ1) is 11.4. The number of benzene rings is 1. The minimum atomic E-state index is -0.929. The molecule has 2 aliphatic heterocycles. The molecule has 0 saturated carbocycles. The monoisotopic (exact) mass is 351 g/mol. The number of halogens is 2. The molecule has 2 aliphatic rings. The number of hydrogen-bond donors (Lipinski definition) is 1. The van der Waals surface area contributed by atoms with E-state index in [1.165, 1.54) is 23.9 Å². The summed E-state index contributed by atoms with van der Waals surface area (Å²) in [6, 6.07) is 4.95. The second-order valence-electron chi connectivity index (χ2n) is 5.61. The minimum absolute atomic E-state index is 0.0241. The van der Waals surface area contributed by atoms with Crippen molar-refractivity contribution in [2.24, 2.45) is 0 Å². The zero-order valence-corrected chi connectivity index (χ0v) is 13.9. The molecule has 1 N–H and O–H groups in total. The van der Waals surface area contributed by atoms with Gasteiger partial charge in [0.25, 0.3) is 5.91 Å². The zero-order chi connectivity index (χ0) is 17.5. The summed E-state index contributed by atoms with van der Waals surface area (Å²) in [6.07, 6.45) is 1.77. The number of carbonyl (C=O) groups is 1. The molecule has 2 heterocycles. The molecule has 0 aromatic heterocycles. The van der Waals surface area contributed by atoms with Gasteiger partial charge in [-0.05, 0) is 19.2 Å². The average Bonchev–Trinajstić information content (AvgIpc) is 3.35. The number of nitriles is 1. The molecule has 126 valence electrons. The first-order valence-corrected chi connectivity index (χ1v) is 8.49. The third-order valence-corrected chi connectivity index (χ3v) is 5.23. The first kappa shape index (κ1) is 16.7. The predicted molar refractivity (Wildman–Crippen MR) is 84.5 cm³/mol. The smallest absolute Gasteiger partial charge is 0.266 e. The van der Waals surface area contributed by atoms with Crippen molar-refractivity contribution in [1.29, 1.82) is 5.26 Å². The molecule has 8 heteroatoms. The van der Waals surface area contributed by atoms with Crippen molar-refractivity contribution in [3.63, 3.8) is 0 Å².